The Morgan fingerprint density at radius 3 is 2.05 bits per heavy atom. The molecule has 1 unspecified atom stereocenters. The molecule has 0 heterocycles. The van der Waals surface area contributed by atoms with Crippen molar-refractivity contribution in [2.24, 2.45) is 0 Å². The summed E-state index contributed by atoms with van der Waals surface area (Å²) in [6.45, 7) is 7.39. The molecule has 1 rings (SSSR count). The average molecular weight is 325 g/mol. The number of rotatable bonds is 4. The van der Waals surface area contributed by atoms with Gasteiger partial charge in [0.05, 0.1) is 6.04 Å². The molecule has 0 aliphatic heterocycles. The van der Waals surface area contributed by atoms with Crippen LogP contribution in [0.4, 0.5) is 13.2 Å². The van der Waals surface area contributed by atoms with Gasteiger partial charge in [0.25, 0.3) is 0 Å². The predicted octanol–water partition coefficient (Wildman–Crippen LogP) is 4.41. The average Bonchev–Trinajstić information content (AvgIpc) is 2.26. The summed E-state index contributed by atoms with van der Waals surface area (Å²) in [5.74, 6) is 0. The minimum absolute atomic E-state index is 0.141. The maximum absolute atomic E-state index is 12.2. The second-order valence-electron chi connectivity index (χ2n) is 5.34. The molecule has 0 radical (unpaired) electrons. The van der Waals surface area contributed by atoms with Crippen LogP contribution in [-0.2, 0) is 11.4 Å². The van der Waals surface area contributed by atoms with Gasteiger partial charge < -0.3 is 4.55 Å². The topological polar surface area (TPSA) is 35.1 Å². The van der Waals surface area contributed by atoms with Gasteiger partial charge in [-0.15, -0.1) is 4.72 Å². The number of alkyl halides is 3. The molecule has 0 bridgehead atoms. The summed E-state index contributed by atoms with van der Waals surface area (Å²) >= 11 is -1.37. The molecule has 0 saturated carbocycles. The molecule has 114 valence electrons. The molecular weight excluding hydrogens is 307 g/mol. The normalized spacial score (nSPS) is 16.0. The van der Waals surface area contributed by atoms with Gasteiger partial charge in [-0.05, 0) is 57.2 Å². The zero-order chi connectivity index (χ0) is 15.6. The van der Waals surface area contributed by atoms with E-state index < -0.39 is 16.9 Å². The van der Waals surface area contributed by atoms with Crippen LogP contribution >= 0.6 is 11.8 Å². The Balaban J connectivity index is 2.69. The molecular formula is C13H18F3NOS2. The fraction of sp³-hybridized carbons (Fsp3) is 0.538. The molecule has 7 heteroatoms. The maximum Gasteiger partial charge on any atom is 0.446 e. The molecule has 0 fully saturated rings. The highest BCUT2D eigenvalue weighted by Crippen LogP contribution is 2.37. The number of benzene rings is 1. The monoisotopic (exact) mass is 325 g/mol. The summed E-state index contributed by atoms with van der Waals surface area (Å²) in [6, 6.07) is 5.88. The largest absolute Gasteiger partial charge is 0.598 e. The van der Waals surface area contributed by atoms with Crippen molar-refractivity contribution < 1.29 is 17.7 Å². The third-order valence-corrected chi connectivity index (χ3v) is 4.87. The second-order valence-corrected chi connectivity index (χ2v) is 8.47. The van der Waals surface area contributed by atoms with Crippen molar-refractivity contribution in [1.82, 2.24) is 4.72 Å². The molecule has 0 saturated heterocycles. The first-order valence-corrected chi connectivity index (χ1v) is 7.99. The molecule has 2 nitrogen and oxygen atoms in total. The lowest BCUT2D eigenvalue weighted by Gasteiger charge is -2.26. The second kappa shape index (κ2) is 6.60. The van der Waals surface area contributed by atoms with Gasteiger partial charge in [-0.2, -0.15) is 13.2 Å². The van der Waals surface area contributed by atoms with Gasteiger partial charge in [0, 0.05) is 16.3 Å². The highest BCUT2D eigenvalue weighted by atomic mass is 32.2. The van der Waals surface area contributed by atoms with E-state index in [4.69, 9.17) is 0 Å². The van der Waals surface area contributed by atoms with Crippen LogP contribution in [0.25, 0.3) is 0 Å². The Morgan fingerprint density at radius 1 is 1.15 bits per heavy atom. The molecule has 0 aliphatic carbocycles. The van der Waals surface area contributed by atoms with Crippen LogP contribution in [0.5, 0.6) is 0 Å². The molecule has 20 heavy (non-hydrogen) atoms. The van der Waals surface area contributed by atoms with Crippen molar-refractivity contribution in [1.29, 1.82) is 0 Å². The summed E-state index contributed by atoms with van der Waals surface area (Å²) in [5.41, 5.74) is -3.48. The van der Waals surface area contributed by atoms with Crippen molar-refractivity contribution in [2.45, 2.75) is 48.9 Å². The van der Waals surface area contributed by atoms with Gasteiger partial charge in [-0.3, -0.25) is 0 Å². The maximum atomic E-state index is 12.2. The first kappa shape index (κ1) is 17.7. The van der Waals surface area contributed by atoms with Crippen molar-refractivity contribution in [3.8, 4) is 0 Å². The highest BCUT2D eigenvalue weighted by molar-refractivity contribution is 8.00. The first-order chi connectivity index (χ1) is 8.99. The van der Waals surface area contributed by atoms with Gasteiger partial charge in [0.1, 0.15) is 4.75 Å². The van der Waals surface area contributed by atoms with Crippen molar-refractivity contribution in [2.75, 3.05) is 0 Å². The van der Waals surface area contributed by atoms with Crippen LogP contribution in [0.2, 0.25) is 0 Å². The third kappa shape index (κ3) is 5.95. The summed E-state index contributed by atoms with van der Waals surface area (Å²) in [7, 11) is 0. The number of hydrogen-bond acceptors (Lipinski definition) is 3. The molecule has 0 spiro atoms. The van der Waals surface area contributed by atoms with E-state index in [0.717, 1.165) is 5.56 Å². The summed E-state index contributed by atoms with van der Waals surface area (Å²) in [4.78, 5) is 0.144. The minimum Gasteiger partial charge on any atom is -0.598 e. The van der Waals surface area contributed by atoms with E-state index in [0.29, 0.717) is 0 Å². The number of hydrogen-bond donors (Lipinski definition) is 1. The summed E-state index contributed by atoms with van der Waals surface area (Å²) in [6.07, 6.45) is 0. The zero-order valence-corrected chi connectivity index (χ0v) is 13.4. The number of nitrogens with one attached hydrogen (secondary N) is 1. The van der Waals surface area contributed by atoms with Crippen molar-refractivity contribution in [3.05, 3.63) is 29.8 Å². The SMILES string of the molecule is C[C@H](N[S+]([O-])C(C)(C)C)c1ccc(SC(F)(F)F)cc1. The minimum atomic E-state index is -4.28. The quantitative estimate of drug-likeness (QED) is 0.658. The number of thioether (sulfide) groups is 1. The summed E-state index contributed by atoms with van der Waals surface area (Å²) < 4.78 is 51.2. The van der Waals surface area contributed by atoms with Gasteiger partial charge in [0.2, 0.25) is 0 Å². The van der Waals surface area contributed by atoms with E-state index in [9.17, 15) is 17.7 Å². The van der Waals surface area contributed by atoms with E-state index in [1.165, 1.54) is 12.1 Å². The van der Waals surface area contributed by atoms with Crippen LogP contribution in [0.15, 0.2) is 29.2 Å². The lowest BCUT2D eigenvalue weighted by Crippen LogP contribution is -2.40. The Hall–Kier alpha value is -0.370. The molecule has 1 aromatic rings. The Bertz CT molecular complexity index is 429. The molecule has 1 N–H and O–H groups in total. The Morgan fingerprint density at radius 2 is 1.65 bits per heavy atom. The Kier molecular flexibility index (Phi) is 5.83. The molecule has 2 atom stereocenters. The lowest BCUT2D eigenvalue weighted by atomic mass is 10.1. The lowest BCUT2D eigenvalue weighted by molar-refractivity contribution is -0.0328. The predicted molar refractivity (Wildman–Crippen MR) is 77.8 cm³/mol. The van der Waals surface area contributed by atoms with E-state index in [1.54, 1.807) is 12.1 Å². The standard InChI is InChI=1S/C13H18F3NOS2/c1-9(17-20(18)12(2,3)4)10-5-7-11(8-6-10)19-13(14,15)16/h5-9,17H,1-4H3/t9-,20?/m0/s1. The van der Waals surface area contributed by atoms with Gasteiger partial charge >= 0.3 is 5.51 Å². The van der Waals surface area contributed by atoms with Crippen LogP contribution in [-0.4, -0.2) is 14.8 Å². The highest BCUT2D eigenvalue weighted by Gasteiger charge is 2.30. The first-order valence-electron chi connectivity index (χ1n) is 6.03. The van der Waals surface area contributed by atoms with Crippen LogP contribution < -0.4 is 4.72 Å². The number of halogens is 3. The van der Waals surface area contributed by atoms with Crippen LogP contribution in [0.1, 0.15) is 39.3 Å². The smallest absolute Gasteiger partial charge is 0.446 e. The van der Waals surface area contributed by atoms with Crippen molar-refractivity contribution >= 4 is 23.1 Å². The van der Waals surface area contributed by atoms with E-state index in [1.807, 2.05) is 27.7 Å². The van der Waals surface area contributed by atoms with E-state index >= 15 is 0 Å². The molecule has 0 amide bonds. The fourth-order valence-corrected chi connectivity index (χ4v) is 2.71. The summed E-state index contributed by atoms with van der Waals surface area (Å²) in [5, 5.41) is 0. The van der Waals surface area contributed by atoms with Crippen LogP contribution in [0, 0.1) is 0 Å². The Labute approximate surface area is 124 Å². The fourth-order valence-electron chi connectivity index (χ4n) is 1.36. The third-order valence-electron chi connectivity index (χ3n) is 2.45. The van der Waals surface area contributed by atoms with E-state index in [2.05, 4.69) is 4.72 Å². The van der Waals surface area contributed by atoms with Gasteiger partial charge in [-0.25, -0.2) is 0 Å². The van der Waals surface area contributed by atoms with Gasteiger partial charge in [0.15, 0.2) is 0 Å². The van der Waals surface area contributed by atoms with E-state index in [-0.39, 0.29) is 27.4 Å². The van der Waals surface area contributed by atoms with Gasteiger partial charge in [-0.1, -0.05) is 12.1 Å². The zero-order valence-electron chi connectivity index (χ0n) is 11.7. The molecule has 1 aromatic carbocycles. The molecule has 0 aromatic heterocycles. The molecule has 0 aliphatic rings. The van der Waals surface area contributed by atoms with Crippen molar-refractivity contribution in [3.63, 3.8) is 0 Å². The van der Waals surface area contributed by atoms with Crippen LogP contribution in [0.3, 0.4) is 0 Å².